The van der Waals surface area contributed by atoms with Gasteiger partial charge in [-0.05, 0) is 44.4 Å². The first-order valence-corrected chi connectivity index (χ1v) is 11.1. The Morgan fingerprint density at radius 3 is 2.58 bits per heavy atom. The minimum Gasteiger partial charge on any atom is -0.376 e. The molecule has 0 saturated carbocycles. The summed E-state index contributed by atoms with van der Waals surface area (Å²) < 4.78 is 7.84. The molecule has 0 aliphatic carbocycles. The molecular weight excluding hydrogens is 390 g/mol. The molecule has 0 radical (unpaired) electrons. The monoisotopic (exact) mass is 421 g/mol. The van der Waals surface area contributed by atoms with Crippen molar-refractivity contribution >= 4 is 17.4 Å². The van der Waals surface area contributed by atoms with E-state index in [1.54, 1.807) is 0 Å². The molecule has 7 heteroatoms. The van der Waals surface area contributed by atoms with Gasteiger partial charge >= 0.3 is 0 Å². The fourth-order valence-electron chi connectivity index (χ4n) is 4.53. The summed E-state index contributed by atoms with van der Waals surface area (Å²) in [6.07, 6.45) is 2.21. The molecule has 0 spiro atoms. The van der Waals surface area contributed by atoms with Crippen LogP contribution < -0.4 is 10.2 Å². The van der Waals surface area contributed by atoms with Gasteiger partial charge in [0.15, 0.2) is 0 Å². The largest absolute Gasteiger partial charge is 0.376 e. The average Bonchev–Trinajstić information content (AvgIpc) is 3.38. The molecule has 1 N–H and O–H groups in total. The van der Waals surface area contributed by atoms with Crippen LogP contribution in [-0.2, 0) is 16.1 Å². The summed E-state index contributed by atoms with van der Waals surface area (Å²) >= 11 is 0. The van der Waals surface area contributed by atoms with Crippen LogP contribution in [0.15, 0.2) is 30.3 Å². The van der Waals surface area contributed by atoms with Gasteiger partial charge in [-0.25, -0.2) is 0 Å². The number of nitriles is 1. The van der Waals surface area contributed by atoms with Gasteiger partial charge in [-0.1, -0.05) is 18.2 Å². The zero-order valence-electron chi connectivity index (χ0n) is 18.4. The van der Waals surface area contributed by atoms with Crippen molar-refractivity contribution in [3.8, 4) is 6.07 Å². The Kier molecular flexibility index (Phi) is 6.59. The molecule has 164 valence electrons. The van der Waals surface area contributed by atoms with Crippen molar-refractivity contribution in [2.45, 2.75) is 39.3 Å². The SMILES string of the molecule is Cc1c(C#N)c(NC(=O)CN2CCN(c3ccccc3)CC2)n(C[C@H]2CCCO2)c1C. The number of hydrogen-bond donors (Lipinski definition) is 1. The van der Waals surface area contributed by atoms with Gasteiger partial charge in [0.25, 0.3) is 0 Å². The number of carbonyl (C=O) groups is 1. The smallest absolute Gasteiger partial charge is 0.239 e. The number of nitrogens with zero attached hydrogens (tertiary/aromatic N) is 4. The van der Waals surface area contributed by atoms with E-state index < -0.39 is 0 Å². The van der Waals surface area contributed by atoms with Crippen LogP contribution in [0.4, 0.5) is 11.5 Å². The zero-order chi connectivity index (χ0) is 21.8. The summed E-state index contributed by atoms with van der Waals surface area (Å²) in [6, 6.07) is 12.7. The van der Waals surface area contributed by atoms with Crippen molar-refractivity contribution in [3.05, 3.63) is 47.2 Å². The van der Waals surface area contributed by atoms with Crippen molar-refractivity contribution in [1.29, 1.82) is 5.26 Å². The van der Waals surface area contributed by atoms with E-state index in [0.29, 0.717) is 24.5 Å². The van der Waals surface area contributed by atoms with Crippen LogP contribution in [0.25, 0.3) is 0 Å². The molecule has 2 saturated heterocycles. The number of hydrogen-bond acceptors (Lipinski definition) is 5. The maximum Gasteiger partial charge on any atom is 0.239 e. The lowest BCUT2D eigenvalue weighted by molar-refractivity contribution is -0.117. The van der Waals surface area contributed by atoms with E-state index in [2.05, 4.69) is 50.0 Å². The van der Waals surface area contributed by atoms with Crippen LogP contribution in [-0.4, -0.2) is 60.8 Å². The second-order valence-electron chi connectivity index (χ2n) is 8.44. The van der Waals surface area contributed by atoms with Crippen molar-refractivity contribution < 1.29 is 9.53 Å². The fraction of sp³-hybridized carbons (Fsp3) is 0.500. The molecule has 3 heterocycles. The van der Waals surface area contributed by atoms with E-state index in [-0.39, 0.29) is 12.0 Å². The molecule has 2 aliphatic heterocycles. The quantitative estimate of drug-likeness (QED) is 0.776. The Labute approximate surface area is 184 Å². The predicted molar refractivity (Wildman–Crippen MR) is 121 cm³/mol. The number of carbonyl (C=O) groups excluding carboxylic acids is 1. The number of ether oxygens (including phenoxy) is 1. The van der Waals surface area contributed by atoms with Gasteiger partial charge in [-0.15, -0.1) is 0 Å². The molecule has 1 atom stereocenters. The van der Waals surface area contributed by atoms with Crippen LogP contribution >= 0.6 is 0 Å². The minimum absolute atomic E-state index is 0.0734. The van der Waals surface area contributed by atoms with Crippen molar-refractivity contribution in [2.24, 2.45) is 0 Å². The summed E-state index contributed by atoms with van der Waals surface area (Å²) in [6.45, 7) is 9.19. The lowest BCUT2D eigenvalue weighted by Gasteiger charge is -2.35. The molecule has 1 amide bonds. The van der Waals surface area contributed by atoms with Crippen LogP contribution in [0.3, 0.4) is 0 Å². The number of anilines is 2. The van der Waals surface area contributed by atoms with Crippen LogP contribution in [0.5, 0.6) is 0 Å². The maximum absolute atomic E-state index is 12.9. The van der Waals surface area contributed by atoms with Crippen molar-refractivity contribution in [1.82, 2.24) is 9.47 Å². The average molecular weight is 422 g/mol. The van der Waals surface area contributed by atoms with Crippen LogP contribution in [0.2, 0.25) is 0 Å². The molecule has 4 rings (SSSR count). The van der Waals surface area contributed by atoms with Crippen LogP contribution in [0, 0.1) is 25.2 Å². The lowest BCUT2D eigenvalue weighted by Crippen LogP contribution is -2.48. The first-order chi connectivity index (χ1) is 15.1. The van der Waals surface area contributed by atoms with E-state index in [1.807, 2.05) is 19.9 Å². The van der Waals surface area contributed by atoms with Crippen molar-refractivity contribution in [3.63, 3.8) is 0 Å². The summed E-state index contributed by atoms with van der Waals surface area (Å²) in [5.41, 5.74) is 3.71. The van der Waals surface area contributed by atoms with Gasteiger partial charge in [0.2, 0.25) is 5.91 Å². The number of rotatable bonds is 6. The van der Waals surface area contributed by atoms with Gasteiger partial charge < -0.3 is 19.5 Å². The van der Waals surface area contributed by atoms with Gasteiger partial charge in [-0.2, -0.15) is 5.26 Å². The second-order valence-corrected chi connectivity index (χ2v) is 8.44. The third kappa shape index (κ3) is 4.76. The number of benzene rings is 1. The highest BCUT2D eigenvalue weighted by molar-refractivity contribution is 5.93. The Hall–Kier alpha value is -2.82. The Bertz CT molecular complexity index is 949. The molecule has 2 aromatic rings. The standard InChI is InChI=1S/C24H31N5O2/c1-18-19(2)29(16-21-9-6-14-31-21)24(22(18)15-25)26-23(30)17-27-10-12-28(13-11-27)20-7-4-3-5-8-20/h3-5,7-8,21H,6,9-14,16-17H2,1-2H3,(H,26,30)/t21-/m1/s1. The molecule has 0 unspecified atom stereocenters. The molecule has 2 fully saturated rings. The lowest BCUT2D eigenvalue weighted by atomic mass is 10.2. The first kappa shape index (κ1) is 21.4. The highest BCUT2D eigenvalue weighted by atomic mass is 16.5. The maximum atomic E-state index is 12.9. The summed E-state index contributed by atoms with van der Waals surface area (Å²) in [5, 5.41) is 12.8. The third-order valence-electron chi connectivity index (χ3n) is 6.47. The summed E-state index contributed by atoms with van der Waals surface area (Å²) in [7, 11) is 0. The fourth-order valence-corrected chi connectivity index (χ4v) is 4.53. The molecule has 0 bridgehead atoms. The van der Waals surface area contributed by atoms with E-state index in [0.717, 1.165) is 56.9 Å². The second kappa shape index (κ2) is 9.54. The third-order valence-corrected chi connectivity index (χ3v) is 6.47. The Balaban J connectivity index is 1.39. The Morgan fingerprint density at radius 2 is 1.94 bits per heavy atom. The van der Waals surface area contributed by atoms with E-state index >= 15 is 0 Å². The highest BCUT2D eigenvalue weighted by Crippen LogP contribution is 2.28. The normalized spacial score (nSPS) is 19.4. The van der Waals surface area contributed by atoms with Gasteiger partial charge in [0.1, 0.15) is 11.9 Å². The molecule has 2 aliphatic rings. The number of aromatic nitrogens is 1. The Morgan fingerprint density at radius 1 is 1.19 bits per heavy atom. The van der Waals surface area contributed by atoms with Gasteiger partial charge in [0.05, 0.1) is 24.8 Å². The van der Waals surface area contributed by atoms with E-state index in [1.165, 1.54) is 5.69 Å². The number of para-hydroxylation sites is 1. The topological polar surface area (TPSA) is 73.5 Å². The summed E-state index contributed by atoms with van der Waals surface area (Å²) in [4.78, 5) is 17.4. The zero-order valence-corrected chi connectivity index (χ0v) is 18.4. The van der Waals surface area contributed by atoms with Gasteiger partial charge in [-0.3, -0.25) is 9.69 Å². The van der Waals surface area contributed by atoms with Crippen LogP contribution in [0.1, 0.15) is 29.7 Å². The molecule has 31 heavy (non-hydrogen) atoms. The summed E-state index contributed by atoms with van der Waals surface area (Å²) in [5.74, 6) is 0.539. The highest BCUT2D eigenvalue weighted by Gasteiger charge is 2.25. The number of nitrogens with one attached hydrogen (secondary N) is 1. The van der Waals surface area contributed by atoms with E-state index in [4.69, 9.17) is 4.74 Å². The van der Waals surface area contributed by atoms with Gasteiger partial charge in [0, 0.05) is 44.2 Å². The molecule has 1 aromatic carbocycles. The number of piperazine rings is 1. The number of amides is 1. The minimum atomic E-state index is -0.0734. The predicted octanol–water partition coefficient (Wildman–Crippen LogP) is 2.92. The van der Waals surface area contributed by atoms with E-state index in [9.17, 15) is 10.1 Å². The molecular formula is C24H31N5O2. The van der Waals surface area contributed by atoms with Crippen molar-refractivity contribution in [2.75, 3.05) is 49.5 Å². The molecule has 7 nitrogen and oxygen atoms in total. The molecule has 1 aromatic heterocycles. The first-order valence-electron chi connectivity index (χ1n) is 11.1.